The molecule has 5 nitrogen and oxygen atoms in total. The predicted molar refractivity (Wildman–Crippen MR) is 72.1 cm³/mol. The summed E-state index contributed by atoms with van der Waals surface area (Å²) in [5.74, 6) is 0.369. The van der Waals surface area contributed by atoms with Crippen molar-refractivity contribution >= 4 is 0 Å². The molecule has 0 saturated carbocycles. The number of phenolic OH excluding ortho intramolecular Hbond substituents is 1. The van der Waals surface area contributed by atoms with E-state index < -0.39 is 6.10 Å². The number of β-amino-alcohol motifs (C(OH)–C–C–N with tert-alkyl or cyclic N) is 1. The molecular formula is C14H20N2O3. The number of aliphatic hydroxyl groups excluding tert-OH is 1. The average molecular weight is 264 g/mol. The molecule has 0 bridgehead atoms. The molecule has 0 saturated heterocycles. The Morgan fingerprint density at radius 3 is 2.68 bits per heavy atom. The van der Waals surface area contributed by atoms with Crippen LogP contribution in [0.4, 0.5) is 0 Å². The van der Waals surface area contributed by atoms with Crippen LogP contribution in [0.2, 0.25) is 0 Å². The molecule has 0 aliphatic rings. The van der Waals surface area contributed by atoms with Crippen LogP contribution in [-0.2, 0) is 0 Å². The van der Waals surface area contributed by atoms with Crippen LogP contribution in [0.3, 0.4) is 0 Å². The highest BCUT2D eigenvalue weighted by Gasteiger charge is 2.13. The van der Waals surface area contributed by atoms with Gasteiger partial charge in [-0.25, -0.2) is 0 Å². The van der Waals surface area contributed by atoms with Gasteiger partial charge in [0.05, 0.1) is 5.56 Å². The van der Waals surface area contributed by atoms with Crippen molar-refractivity contribution in [1.29, 1.82) is 5.26 Å². The van der Waals surface area contributed by atoms with Crippen LogP contribution in [0.1, 0.15) is 26.3 Å². The highest BCUT2D eigenvalue weighted by molar-refractivity contribution is 5.47. The summed E-state index contributed by atoms with van der Waals surface area (Å²) in [7, 11) is 0. The van der Waals surface area contributed by atoms with Gasteiger partial charge in [-0.3, -0.25) is 0 Å². The fraction of sp³-hybridized carbons (Fsp3) is 0.500. The smallest absolute Gasteiger partial charge is 0.137 e. The zero-order valence-electron chi connectivity index (χ0n) is 11.5. The minimum atomic E-state index is -0.667. The molecule has 0 aromatic heterocycles. The number of aliphatic hydroxyl groups is 1. The molecule has 0 amide bonds. The van der Waals surface area contributed by atoms with Crippen molar-refractivity contribution in [3.05, 3.63) is 23.8 Å². The Hall–Kier alpha value is -1.77. The SMILES string of the molecule is CC(C)(C)NC[C@@H](O)COc1ccc(O)cc1C#N. The minimum absolute atomic E-state index is 0.0128. The molecule has 5 heteroatoms. The maximum atomic E-state index is 9.77. The number of hydrogen-bond acceptors (Lipinski definition) is 5. The van der Waals surface area contributed by atoms with Crippen molar-refractivity contribution in [3.63, 3.8) is 0 Å². The summed E-state index contributed by atoms with van der Waals surface area (Å²) >= 11 is 0. The minimum Gasteiger partial charge on any atom is -0.508 e. The van der Waals surface area contributed by atoms with Crippen molar-refractivity contribution in [2.45, 2.75) is 32.4 Å². The van der Waals surface area contributed by atoms with Crippen molar-refractivity contribution in [2.24, 2.45) is 0 Å². The number of phenols is 1. The summed E-state index contributed by atoms with van der Waals surface area (Å²) in [5.41, 5.74) is 0.174. The van der Waals surface area contributed by atoms with Crippen molar-refractivity contribution in [3.8, 4) is 17.6 Å². The standard InChI is InChI=1S/C14H20N2O3/c1-14(2,3)16-8-12(18)9-19-13-5-4-11(17)6-10(13)7-15/h4-6,12,16-18H,8-9H2,1-3H3/t12-/m1/s1. The third kappa shape index (κ3) is 5.60. The second-order valence-electron chi connectivity index (χ2n) is 5.39. The summed E-state index contributed by atoms with van der Waals surface area (Å²) in [6, 6.07) is 6.21. The number of nitriles is 1. The number of ether oxygens (including phenoxy) is 1. The summed E-state index contributed by atoms with van der Waals surface area (Å²) in [5, 5.41) is 31.1. The van der Waals surface area contributed by atoms with E-state index in [0.29, 0.717) is 12.3 Å². The maximum absolute atomic E-state index is 9.77. The first-order chi connectivity index (χ1) is 8.81. The summed E-state index contributed by atoms with van der Waals surface area (Å²) in [4.78, 5) is 0. The van der Waals surface area contributed by atoms with Gasteiger partial charge in [0.15, 0.2) is 0 Å². The molecule has 0 aliphatic heterocycles. The number of benzene rings is 1. The van der Waals surface area contributed by atoms with Crippen molar-refractivity contribution in [2.75, 3.05) is 13.2 Å². The molecule has 104 valence electrons. The molecule has 0 fully saturated rings. The first-order valence-corrected chi connectivity index (χ1v) is 6.11. The zero-order valence-corrected chi connectivity index (χ0v) is 11.5. The Morgan fingerprint density at radius 1 is 1.42 bits per heavy atom. The molecule has 3 N–H and O–H groups in total. The first-order valence-electron chi connectivity index (χ1n) is 6.11. The van der Waals surface area contributed by atoms with E-state index in [0.717, 1.165) is 0 Å². The Kier molecular flexibility index (Phi) is 5.16. The summed E-state index contributed by atoms with van der Waals surface area (Å²) in [6.07, 6.45) is -0.667. The second kappa shape index (κ2) is 6.41. The second-order valence-corrected chi connectivity index (χ2v) is 5.39. The monoisotopic (exact) mass is 264 g/mol. The Bertz CT molecular complexity index is 461. The van der Waals surface area contributed by atoms with Crippen LogP contribution in [-0.4, -0.2) is 35.0 Å². The quantitative estimate of drug-likeness (QED) is 0.748. The van der Waals surface area contributed by atoms with Crippen LogP contribution < -0.4 is 10.1 Å². The lowest BCUT2D eigenvalue weighted by Crippen LogP contribution is -2.42. The third-order valence-corrected chi connectivity index (χ3v) is 2.38. The maximum Gasteiger partial charge on any atom is 0.137 e. The molecule has 0 heterocycles. The van der Waals surface area contributed by atoms with Crippen LogP contribution in [0.15, 0.2) is 18.2 Å². The van der Waals surface area contributed by atoms with Gasteiger partial charge in [0.1, 0.15) is 30.3 Å². The van der Waals surface area contributed by atoms with Crippen LogP contribution >= 0.6 is 0 Å². The number of aromatic hydroxyl groups is 1. The van der Waals surface area contributed by atoms with Gasteiger partial charge in [0, 0.05) is 18.2 Å². The number of hydrogen-bond donors (Lipinski definition) is 3. The molecule has 1 aromatic carbocycles. The van der Waals surface area contributed by atoms with Crippen molar-refractivity contribution < 1.29 is 14.9 Å². The molecule has 19 heavy (non-hydrogen) atoms. The third-order valence-electron chi connectivity index (χ3n) is 2.38. The van der Waals surface area contributed by atoms with Gasteiger partial charge in [-0.05, 0) is 32.9 Å². The van der Waals surface area contributed by atoms with Gasteiger partial charge in [-0.1, -0.05) is 0 Å². The highest BCUT2D eigenvalue weighted by atomic mass is 16.5. The van der Waals surface area contributed by atoms with E-state index >= 15 is 0 Å². The Morgan fingerprint density at radius 2 is 2.11 bits per heavy atom. The summed E-state index contributed by atoms with van der Waals surface area (Å²) in [6.45, 7) is 6.52. The van der Waals surface area contributed by atoms with Gasteiger partial charge in [0.2, 0.25) is 0 Å². The molecular weight excluding hydrogens is 244 g/mol. The van der Waals surface area contributed by atoms with Gasteiger partial charge in [-0.15, -0.1) is 0 Å². The molecule has 1 rings (SSSR count). The number of nitrogens with one attached hydrogen (secondary N) is 1. The van der Waals surface area contributed by atoms with E-state index in [1.165, 1.54) is 18.2 Å². The van der Waals surface area contributed by atoms with Crippen LogP contribution in [0.5, 0.6) is 11.5 Å². The lowest BCUT2D eigenvalue weighted by molar-refractivity contribution is 0.0999. The van der Waals surface area contributed by atoms with E-state index in [2.05, 4.69) is 5.32 Å². The molecule has 0 aliphatic carbocycles. The van der Waals surface area contributed by atoms with E-state index in [1.807, 2.05) is 26.8 Å². The fourth-order valence-corrected chi connectivity index (χ4v) is 1.40. The van der Waals surface area contributed by atoms with Gasteiger partial charge in [-0.2, -0.15) is 5.26 Å². The topological polar surface area (TPSA) is 85.5 Å². The first kappa shape index (κ1) is 15.3. The normalized spacial score (nSPS) is 12.8. The Labute approximate surface area is 113 Å². The lowest BCUT2D eigenvalue weighted by Gasteiger charge is -2.23. The van der Waals surface area contributed by atoms with E-state index in [4.69, 9.17) is 10.00 Å². The lowest BCUT2D eigenvalue weighted by atomic mass is 10.1. The van der Waals surface area contributed by atoms with Gasteiger partial charge < -0.3 is 20.3 Å². The molecule has 0 radical (unpaired) electrons. The fourth-order valence-electron chi connectivity index (χ4n) is 1.40. The molecule has 0 unspecified atom stereocenters. The number of rotatable bonds is 5. The van der Waals surface area contributed by atoms with Gasteiger partial charge in [0.25, 0.3) is 0 Å². The largest absolute Gasteiger partial charge is 0.508 e. The highest BCUT2D eigenvalue weighted by Crippen LogP contribution is 2.22. The number of nitrogens with zero attached hydrogens (tertiary/aromatic N) is 1. The molecule has 1 atom stereocenters. The molecule has 1 aromatic rings. The predicted octanol–water partition coefficient (Wildman–Crippen LogP) is 1.39. The van der Waals surface area contributed by atoms with E-state index in [9.17, 15) is 10.2 Å². The van der Waals surface area contributed by atoms with Gasteiger partial charge >= 0.3 is 0 Å². The zero-order chi connectivity index (χ0) is 14.5. The summed E-state index contributed by atoms with van der Waals surface area (Å²) < 4.78 is 5.39. The average Bonchev–Trinajstić information content (AvgIpc) is 2.33. The van der Waals surface area contributed by atoms with Crippen LogP contribution in [0, 0.1) is 11.3 Å². The van der Waals surface area contributed by atoms with E-state index in [-0.39, 0.29) is 23.5 Å². The molecule has 0 spiro atoms. The van der Waals surface area contributed by atoms with E-state index in [1.54, 1.807) is 0 Å². The van der Waals surface area contributed by atoms with Crippen LogP contribution in [0.25, 0.3) is 0 Å². The Balaban J connectivity index is 2.51. The van der Waals surface area contributed by atoms with Crippen molar-refractivity contribution in [1.82, 2.24) is 5.32 Å².